The molecule has 0 saturated carbocycles. The summed E-state index contributed by atoms with van der Waals surface area (Å²) in [5.74, 6) is 0. The number of aryl methyl sites for hydroxylation is 6. The van der Waals surface area contributed by atoms with Crippen LogP contribution >= 0.6 is 0 Å². The van der Waals surface area contributed by atoms with Crippen LogP contribution in [0.2, 0.25) is 0 Å². The zero-order valence-corrected chi connectivity index (χ0v) is 22.8. The van der Waals surface area contributed by atoms with E-state index in [4.69, 9.17) is 0 Å². The number of hydrogen-bond acceptors (Lipinski definition) is 0. The molecular weight excluding hydrogens is 456 g/mol. The maximum atomic E-state index is 2.20. The average Bonchev–Trinajstić information content (AvgIpc) is 3.15. The van der Waals surface area contributed by atoms with Gasteiger partial charge in [-0.1, -0.05) is 113 Å². The van der Waals surface area contributed by atoms with Gasteiger partial charge in [0.15, 0.2) is 0 Å². The van der Waals surface area contributed by atoms with Crippen LogP contribution in [0.3, 0.4) is 0 Å². The summed E-state index contributed by atoms with van der Waals surface area (Å²) in [4.78, 5) is 0. The summed E-state index contributed by atoms with van der Waals surface area (Å²) in [5, 5.41) is 2.90. The van der Waals surface area contributed by atoms with Gasteiger partial charge in [-0.3, -0.25) is 0 Å². The van der Waals surface area contributed by atoms with Crippen LogP contribution in [0.4, 0.5) is 0 Å². The molecule has 0 bridgehead atoms. The third-order valence-corrected chi connectivity index (χ3v) is 6.39. The summed E-state index contributed by atoms with van der Waals surface area (Å²) in [6.45, 7) is 12.8. The van der Waals surface area contributed by atoms with E-state index in [-0.39, 0.29) is 35.7 Å². The summed E-state index contributed by atoms with van der Waals surface area (Å²) in [7, 11) is 0.271. The fourth-order valence-electron chi connectivity index (χ4n) is 3.20. The van der Waals surface area contributed by atoms with Crippen LogP contribution in [0, 0.1) is 41.5 Å². The molecule has 0 atom stereocenters. The molecule has 0 nitrogen and oxygen atoms in total. The summed E-state index contributed by atoms with van der Waals surface area (Å²) in [6, 6.07) is 30.1. The first kappa shape index (κ1) is 26.3. The molecule has 0 spiro atoms. The molecule has 2 heteroatoms. The van der Waals surface area contributed by atoms with Gasteiger partial charge in [0.2, 0.25) is 0 Å². The molecule has 0 aliphatic heterocycles. The number of hydrogen-bond donors (Lipinski definition) is 0. The molecule has 0 aromatic heterocycles. The molecule has 0 aliphatic carbocycles. The first-order chi connectivity index (χ1) is 13.8. The summed E-state index contributed by atoms with van der Waals surface area (Å²) in [5.41, 5.74) is 8.37. The van der Waals surface area contributed by atoms with E-state index in [2.05, 4.69) is 126 Å². The van der Waals surface area contributed by atoms with E-state index in [9.17, 15) is 0 Å². The molecule has 0 N–H and O–H groups in total. The van der Waals surface area contributed by atoms with E-state index < -0.39 is 0 Å². The quantitative estimate of drug-likeness (QED) is 0.250. The van der Waals surface area contributed by atoms with E-state index >= 15 is 0 Å². The molecule has 4 aromatic rings. The topological polar surface area (TPSA) is 0 Å². The van der Waals surface area contributed by atoms with E-state index in [0.717, 1.165) is 0 Å². The average molecular weight is 489 g/mol. The number of benzene rings is 2. The molecule has 0 aliphatic rings. The van der Waals surface area contributed by atoms with Crippen molar-refractivity contribution in [2.24, 2.45) is 0 Å². The SMILES string of the molecule is Cc1cc(C)c(C)[cH-]1.Cc1cc(C)c(C)[cH-]1.[Zr+2].c1ccc([SiH]c2ccccc2)cc1. The Morgan fingerprint density at radius 2 is 0.867 bits per heavy atom. The van der Waals surface area contributed by atoms with Gasteiger partial charge in [0.1, 0.15) is 9.52 Å². The van der Waals surface area contributed by atoms with Gasteiger partial charge in [0.05, 0.1) is 0 Å². The van der Waals surface area contributed by atoms with Crippen molar-refractivity contribution >= 4 is 19.9 Å². The van der Waals surface area contributed by atoms with Crippen molar-refractivity contribution in [3.8, 4) is 0 Å². The Bertz CT molecular complexity index is 857. The van der Waals surface area contributed by atoms with E-state index in [1.807, 2.05) is 0 Å². The molecule has 0 heterocycles. The van der Waals surface area contributed by atoms with Crippen LogP contribution in [-0.4, -0.2) is 9.52 Å². The van der Waals surface area contributed by atoms with Gasteiger partial charge in [-0.05, 0) is 0 Å². The second-order valence-electron chi connectivity index (χ2n) is 7.76. The van der Waals surface area contributed by atoms with Gasteiger partial charge < -0.3 is 0 Å². The molecule has 4 aromatic carbocycles. The van der Waals surface area contributed by atoms with Crippen LogP contribution in [0.15, 0.2) is 84.9 Å². The molecule has 0 fully saturated rings. The first-order valence-electron chi connectivity index (χ1n) is 10.2. The zero-order valence-electron chi connectivity index (χ0n) is 19.2. The first-order valence-corrected chi connectivity index (χ1v) is 11.4. The van der Waals surface area contributed by atoms with Gasteiger partial charge in [0.25, 0.3) is 0 Å². The predicted octanol–water partition coefficient (Wildman–Crippen LogP) is 5.73. The molecule has 4 rings (SSSR count). The van der Waals surface area contributed by atoms with Crippen molar-refractivity contribution in [1.29, 1.82) is 0 Å². The number of rotatable bonds is 2. The Balaban J connectivity index is 0.000000233. The smallest absolute Gasteiger partial charge is 0.208 e. The molecule has 0 saturated heterocycles. The molecule has 0 amide bonds. The third kappa shape index (κ3) is 9.37. The van der Waals surface area contributed by atoms with Gasteiger partial charge in [-0.25, -0.2) is 12.1 Å². The minimum atomic E-state index is 0. The second-order valence-corrected chi connectivity index (χ2v) is 9.39. The van der Waals surface area contributed by atoms with Crippen molar-refractivity contribution in [2.45, 2.75) is 41.5 Å². The Labute approximate surface area is 205 Å². The fraction of sp³-hybridized carbons (Fsp3) is 0.214. The van der Waals surface area contributed by atoms with Crippen molar-refractivity contribution in [1.82, 2.24) is 0 Å². The monoisotopic (exact) mass is 487 g/mol. The molecule has 1 radical (unpaired) electrons. The van der Waals surface area contributed by atoms with Gasteiger partial charge in [0, 0.05) is 0 Å². The van der Waals surface area contributed by atoms with Gasteiger partial charge in [-0.15, -0.1) is 0 Å². The molecular formula is C28H33SiZr. The zero-order chi connectivity index (χ0) is 21.2. The summed E-state index contributed by atoms with van der Waals surface area (Å²) >= 11 is 0. The van der Waals surface area contributed by atoms with Crippen LogP contribution in [0.5, 0.6) is 0 Å². The summed E-state index contributed by atoms with van der Waals surface area (Å²) < 4.78 is 0. The third-order valence-electron chi connectivity index (χ3n) is 4.95. The Kier molecular flexibility index (Phi) is 11.8. The Morgan fingerprint density at radius 1 is 0.533 bits per heavy atom. The van der Waals surface area contributed by atoms with Crippen molar-refractivity contribution < 1.29 is 26.2 Å². The van der Waals surface area contributed by atoms with E-state index in [1.165, 1.54) is 43.8 Å². The maximum Gasteiger partial charge on any atom is 2.00 e. The normalized spacial score (nSPS) is 9.53. The van der Waals surface area contributed by atoms with Crippen LogP contribution in [0.25, 0.3) is 0 Å². The molecule has 153 valence electrons. The Morgan fingerprint density at radius 3 is 1.07 bits per heavy atom. The summed E-state index contributed by atoms with van der Waals surface area (Å²) in [6.07, 6.45) is 0. The molecule has 30 heavy (non-hydrogen) atoms. The van der Waals surface area contributed by atoms with Crippen molar-refractivity contribution in [3.63, 3.8) is 0 Å². The van der Waals surface area contributed by atoms with E-state index in [1.54, 1.807) is 0 Å². The second kappa shape index (κ2) is 13.5. The standard InChI is InChI=1S/C12H11Si.2C8H11.Zr/c1-3-7-11(8-4-1)13-12-9-5-2-6-10-12;2*1-6-4-7(2)8(3)5-6;/h1-10,13H;2*4-5H,1-3H3;/q;2*-1;+2. The van der Waals surface area contributed by atoms with Crippen LogP contribution in [0.1, 0.15) is 33.4 Å². The largest absolute Gasteiger partial charge is 2.00 e. The Hall–Kier alpha value is -1.76. The van der Waals surface area contributed by atoms with Gasteiger partial charge >= 0.3 is 26.2 Å². The van der Waals surface area contributed by atoms with Gasteiger partial charge in [-0.2, -0.15) is 45.5 Å². The fourth-order valence-corrected chi connectivity index (χ4v) is 4.41. The van der Waals surface area contributed by atoms with Crippen molar-refractivity contribution in [2.75, 3.05) is 0 Å². The minimum Gasteiger partial charge on any atom is -0.208 e. The minimum absolute atomic E-state index is 0. The van der Waals surface area contributed by atoms with E-state index in [0.29, 0.717) is 0 Å². The molecule has 0 unspecified atom stereocenters. The van der Waals surface area contributed by atoms with Crippen LogP contribution < -0.4 is 10.4 Å². The predicted molar refractivity (Wildman–Crippen MR) is 132 cm³/mol. The maximum absolute atomic E-state index is 2.20. The van der Waals surface area contributed by atoms with Crippen LogP contribution in [-0.2, 0) is 26.2 Å². The van der Waals surface area contributed by atoms with Crippen molar-refractivity contribution in [3.05, 3.63) is 118 Å².